The fourth-order valence-electron chi connectivity index (χ4n) is 1.84. The van der Waals surface area contributed by atoms with Crippen LogP contribution in [0, 0.1) is 0 Å². The van der Waals surface area contributed by atoms with Crippen molar-refractivity contribution in [1.29, 1.82) is 0 Å². The van der Waals surface area contributed by atoms with Gasteiger partial charge in [-0.25, -0.2) is 4.98 Å². The molecule has 5 heteroatoms. The van der Waals surface area contributed by atoms with Crippen molar-refractivity contribution in [3.8, 4) is 0 Å². The van der Waals surface area contributed by atoms with Gasteiger partial charge in [-0.05, 0) is 28.1 Å². The van der Waals surface area contributed by atoms with Crippen molar-refractivity contribution < 1.29 is 0 Å². The van der Waals surface area contributed by atoms with Crippen LogP contribution < -0.4 is 5.32 Å². The SMILES string of the molecule is C=C/C=C(\C=C)Nc1cc(C(C)(C)C)nc2c(Br)cnn12. The Morgan fingerprint density at radius 3 is 2.67 bits per heavy atom. The number of halogens is 1. The lowest BCUT2D eigenvalue weighted by Gasteiger charge is -2.20. The number of nitrogens with one attached hydrogen (secondary N) is 1. The predicted molar refractivity (Wildman–Crippen MR) is 91.5 cm³/mol. The van der Waals surface area contributed by atoms with Crippen molar-refractivity contribution in [2.45, 2.75) is 26.2 Å². The summed E-state index contributed by atoms with van der Waals surface area (Å²) in [7, 11) is 0. The van der Waals surface area contributed by atoms with E-state index in [0.29, 0.717) is 0 Å². The normalized spacial score (nSPS) is 12.5. The zero-order valence-corrected chi connectivity index (χ0v) is 14.1. The van der Waals surface area contributed by atoms with Gasteiger partial charge in [0.2, 0.25) is 0 Å². The number of allylic oxidation sites excluding steroid dienone is 3. The second kappa shape index (κ2) is 5.85. The first-order valence-corrected chi connectivity index (χ1v) is 7.43. The zero-order chi connectivity index (χ0) is 15.6. The molecule has 0 aromatic carbocycles. The molecule has 0 aliphatic carbocycles. The summed E-state index contributed by atoms with van der Waals surface area (Å²) in [6, 6.07) is 2.01. The van der Waals surface area contributed by atoms with Crippen molar-refractivity contribution in [3.63, 3.8) is 0 Å². The largest absolute Gasteiger partial charge is 0.340 e. The average Bonchev–Trinajstić information content (AvgIpc) is 2.79. The Kier molecular flexibility index (Phi) is 4.32. The summed E-state index contributed by atoms with van der Waals surface area (Å²) in [6.07, 6.45) is 7.05. The van der Waals surface area contributed by atoms with E-state index in [9.17, 15) is 0 Å². The molecule has 0 atom stereocenters. The van der Waals surface area contributed by atoms with Gasteiger partial charge in [-0.15, -0.1) is 0 Å². The topological polar surface area (TPSA) is 42.2 Å². The highest BCUT2D eigenvalue weighted by molar-refractivity contribution is 9.10. The minimum Gasteiger partial charge on any atom is -0.340 e. The number of hydrogen-bond acceptors (Lipinski definition) is 3. The molecule has 0 saturated heterocycles. The molecule has 0 saturated carbocycles. The third-order valence-electron chi connectivity index (χ3n) is 2.99. The van der Waals surface area contributed by atoms with E-state index in [2.05, 4.69) is 60.3 Å². The number of aromatic nitrogens is 3. The Balaban J connectivity index is 2.63. The molecule has 0 aliphatic heterocycles. The highest BCUT2D eigenvalue weighted by Gasteiger charge is 2.19. The van der Waals surface area contributed by atoms with Crippen LogP contribution in [-0.4, -0.2) is 14.6 Å². The fraction of sp³-hybridized carbons (Fsp3) is 0.250. The molecule has 4 nitrogen and oxygen atoms in total. The molecule has 1 N–H and O–H groups in total. The molecule has 0 amide bonds. The predicted octanol–water partition coefficient (Wildman–Crippen LogP) is 4.46. The van der Waals surface area contributed by atoms with E-state index >= 15 is 0 Å². The van der Waals surface area contributed by atoms with Gasteiger partial charge >= 0.3 is 0 Å². The molecular weight excluding hydrogens is 328 g/mol. The summed E-state index contributed by atoms with van der Waals surface area (Å²) in [5.41, 5.74) is 2.56. The summed E-state index contributed by atoms with van der Waals surface area (Å²) >= 11 is 3.49. The fourth-order valence-corrected chi connectivity index (χ4v) is 2.19. The van der Waals surface area contributed by atoms with Crippen molar-refractivity contribution >= 4 is 27.4 Å². The number of rotatable bonds is 4. The number of nitrogens with zero attached hydrogens (tertiary/aromatic N) is 3. The van der Waals surface area contributed by atoms with E-state index in [-0.39, 0.29) is 5.41 Å². The molecule has 110 valence electrons. The molecule has 2 aromatic heterocycles. The van der Waals surface area contributed by atoms with Crippen LogP contribution in [0.5, 0.6) is 0 Å². The molecule has 21 heavy (non-hydrogen) atoms. The van der Waals surface area contributed by atoms with Gasteiger partial charge in [0.15, 0.2) is 5.65 Å². The van der Waals surface area contributed by atoms with E-state index in [1.165, 1.54) is 0 Å². The molecule has 2 rings (SSSR count). The van der Waals surface area contributed by atoms with Crippen LogP contribution in [0.25, 0.3) is 5.65 Å². The van der Waals surface area contributed by atoms with Crippen LogP contribution in [0.15, 0.2) is 53.8 Å². The maximum Gasteiger partial charge on any atom is 0.171 e. The Bertz CT molecular complexity index is 720. The van der Waals surface area contributed by atoms with Gasteiger partial charge < -0.3 is 5.32 Å². The highest BCUT2D eigenvalue weighted by atomic mass is 79.9. The third-order valence-corrected chi connectivity index (χ3v) is 3.55. The lowest BCUT2D eigenvalue weighted by atomic mass is 9.92. The highest BCUT2D eigenvalue weighted by Crippen LogP contribution is 2.27. The van der Waals surface area contributed by atoms with Gasteiger partial charge in [0, 0.05) is 17.2 Å². The Hall–Kier alpha value is -1.88. The van der Waals surface area contributed by atoms with Gasteiger partial charge in [0.1, 0.15) is 5.82 Å². The van der Waals surface area contributed by atoms with Crippen molar-refractivity contribution in [3.05, 3.63) is 59.5 Å². The number of fused-ring (bicyclic) bond motifs is 1. The maximum absolute atomic E-state index is 4.69. The van der Waals surface area contributed by atoms with Crippen LogP contribution >= 0.6 is 15.9 Å². The number of hydrogen-bond donors (Lipinski definition) is 1. The van der Waals surface area contributed by atoms with Crippen molar-refractivity contribution in [1.82, 2.24) is 14.6 Å². The maximum atomic E-state index is 4.69. The van der Waals surface area contributed by atoms with Crippen LogP contribution in [-0.2, 0) is 5.41 Å². The molecule has 0 bridgehead atoms. The summed E-state index contributed by atoms with van der Waals surface area (Å²) in [4.78, 5) is 4.69. The first-order chi connectivity index (χ1) is 9.86. The summed E-state index contributed by atoms with van der Waals surface area (Å²) in [5.74, 6) is 0.837. The summed E-state index contributed by atoms with van der Waals surface area (Å²) in [5, 5.41) is 7.66. The Morgan fingerprint density at radius 1 is 1.38 bits per heavy atom. The van der Waals surface area contributed by atoms with Crippen LogP contribution in [0.1, 0.15) is 26.5 Å². The first kappa shape index (κ1) is 15.5. The molecule has 0 fully saturated rings. The van der Waals surface area contributed by atoms with Crippen LogP contribution in [0.4, 0.5) is 5.82 Å². The minimum atomic E-state index is -0.0572. The quantitative estimate of drug-likeness (QED) is 0.831. The van der Waals surface area contributed by atoms with Crippen molar-refractivity contribution in [2.24, 2.45) is 0 Å². The monoisotopic (exact) mass is 346 g/mol. The second-order valence-electron chi connectivity index (χ2n) is 5.69. The Labute approximate surface area is 133 Å². The second-order valence-corrected chi connectivity index (χ2v) is 6.55. The minimum absolute atomic E-state index is 0.0572. The van der Waals surface area contributed by atoms with E-state index in [0.717, 1.165) is 27.3 Å². The van der Waals surface area contributed by atoms with Gasteiger partial charge in [-0.3, -0.25) is 0 Å². The van der Waals surface area contributed by atoms with Crippen LogP contribution in [0.2, 0.25) is 0 Å². The standard InChI is InChI=1S/C16H19BrN4/c1-6-8-11(7-2)19-14-9-13(16(3,4)5)20-15-12(17)10-18-21(14)15/h6-10,19H,1-2H2,3-5H3/b11-8+. The van der Waals surface area contributed by atoms with Gasteiger partial charge in [-0.2, -0.15) is 9.61 Å². The third kappa shape index (κ3) is 3.24. The van der Waals surface area contributed by atoms with E-state index in [1.807, 2.05) is 12.1 Å². The average molecular weight is 347 g/mol. The summed E-state index contributed by atoms with van der Waals surface area (Å²) in [6.45, 7) is 13.9. The number of anilines is 1. The van der Waals surface area contributed by atoms with Crippen molar-refractivity contribution in [2.75, 3.05) is 5.32 Å². The lowest BCUT2D eigenvalue weighted by Crippen LogP contribution is -2.16. The summed E-state index contributed by atoms with van der Waals surface area (Å²) < 4.78 is 2.63. The smallest absolute Gasteiger partial charge is 0.171 e. The van der Waals surface area contributed by atoms with E-state index in [1.54, 1.807) is 22.9 Å². The molecule has 0 unspecified atom stereocenters. The molecule has 0 aliphatic rings. The van der Waals surface area contributed by atoms with Gasteiger partial charge in [0.05, 0.1) is 16.4 Å². The molecule has 2 aromatic rings. The van der Waals surface area contributed by atoms with Crippen LogP contribution in [0.3, 0.4) is 0 Å². The Morgan fingerprint density at radius 2 is 2.10 bits per heavy atom. The van der Waals surface area contributed by atoms with E-state index in [4.69, 9.17) is 4.98 Å². The first-order valence-electron chi connectivity index (χ1n) is 6.63. The molecule has 0 spiro atoms. The molecule has 0 radical (unpaired) electrons. The molecule has 2 heterocycles. The zero-order valence-electron chi connectivity index (χ0n) is 12.5. The molecular formula is C16H19BrN4. The van der Waals surface area contributed by atoms with E-state index < -0.39 is 0 Å². The lowest BCUT2D eigenvalue weighted by molar-refractivity contribution is 0.568. The van der Waals surface area contributed by atoms with Gasteiger partial charge in [0.25, 0.3) is 0 Å². The van der Waals surface area contributed by atoms with Gasteiger partial charge in [-0.1, -0.05) is 40.0 Å².